The summed E-state index contributed by atoms with van der Waals surface area (Å²) in [6.07, 6.45) is 0. The van der Waals surface area contributed by atoms with Crippen LogP contribution in [0.4, 0.5) is 5.69 Å². The zero-order chi connectivity index (χ0) is 19.4. The summed E-state index contributed by atoms with van der Waals surface area (Å²) in [5, 5.41) is 3.70. The van der Waals surface area contributed by atoms with Crippen LogP contribution in [-0.2, 0) is 4.79 Å². The second-order valence-electron chi connectivity index (χ2n) is 6.38. The molecule has 0 bridgehead atoms. The molecule has 0 aliphatic carbocycles. The molecular weight excluding hydrogens is 342 g/mol. The molecule has 2 aromatic carbocycles. The Labute approximate surface area is 157 Å². The zero-order valence-corrected chi connectivity index (χ0v) is 15.5. The molecule has 6 heteroatoms. The smallest absolute Gasteiger partial charge is 0.259 e. The maximum Gasteiger partial charge on any atom is 0.259 e. The highest BCUT2D eigenvalue weighted by atomic mass is 16.5. The van der Waals surface area contributed by atoms with Crippen molar-refractivity contribution in [3.8, 4) is 5.75 Å². The molecule has 6 nitrogen and oxygen atoms in total. The zero-order valence-electron chi connectivity index (χ0n) is 15.5. The third-order valence-electron chi connectivity index (χ3n) is 4.06. The number of benzene rings is 2. The topological polar surface area (TPSA) is 71.5 Å². The van der Waals surface area contributed by atoms with Gasteiger partial charge in [0.05, 0.1) is 11.1 Å². The normalized spacial score (nSPS) is 10.5. The average Bonchev–Trinajstić information content (AvgIpc) is 2.66. The Morgan fingerprint density at radius 3 is 2.48 bits per heavy atom. The lowest BCUT2D eigenvalue weighted by molar-refractivity contribution is -0.130. The lowest BCUT2D eigenvalue weighted by Crippen LogP contribution is -2.27. The molecule has 0 unspecified atom stereocenters. The molecule has 0 saturated heterocycles. The second-order valence-corrected chi connectivity index (χ2v) is 6.38. The van der Waals surface area contributed by atoms with Crippen molar-refractivity contribution in [3.63, 3.8) is 0 Å². The lowest BCUT2D eigenvalue weighted by Gasteiger charge is -2.12. The number of anilines is 1. The number of likely N-dealkylation sites (N-methyl/N-ethyl adjacent to an activating group) is 1. The third kappa shape index (κ3) is 4.41. The van der Waals surface area contributed by atoms with Crippen LogP contribution in [0.3, 0.4) is 0 Å². The number of amides is 2. The minimum Gasteiger partial charge on any atom is -0.484 e. The van der Waals surface area contributed by atoms with Crippen molar-refractivity contribution < 1.29 is 14.3 Å². The third-order valence-corrected chi connectivity index (χ3v) is 4.06. The van der Waals surface area contributed by atoms with Crippen molar-refractivity contribution in [3.05, 3.63) is 65.9 Å². The molecule has 3 rings (SSSR count). The molecular formula is C21H21N3O3. The number of nitrogens with one attached hydrogen (secondary N) is 1. The van der Waals surface area contributed by atoms with E-state index in [9.17, 15) is 9.59 Å². The highest BCUT2D eigenvalue weighted by Crippen LogP contribution is 2.21. The van der Waals surface area contributed by atoms with E-state index < -0.39 is 0 Å². The van der Waals surface area contributed by atoms with E-state index in [-0.39, 0.29) is 18.4 Å². The van der Waals surface area contributed by atoms with Gasteiger partial charge in [-0.25, -0.2) is 0 Å². The molecule has 0 radical (unpaired) electrons. The molecule has 0 atom stereocenters. The van der Waals surface area contributed by atoms with Crippen LogP contribution in [0.1, 0.15) is 16.1 Å². The van der Waals surface area contributed by atoms with Crippen molar-refractivity contribution >= 4 is 28.4 Å². The average molecular weight is 363 g/mol. The highest BCUT2D eigenvalue weighted by Gasteiger charge is 2.12. The van der Waals surface area contributed by atoms with Crippen LogP contribution in [0.5, 0.6) is 5.75 Å². The number of carbonyl (C=O) groups is 2. The number of aromatic nitrogens is 1. The number of carbonyl (C=O) groups excluding carboxylic acids is 2. The first kappa shape index (κ1) is 18.4. The first-order valence-electron chi connectivity index (χ1n) is 8.55. The molecule has 0 saturated carbocycles. The van der Waals surface area contributed by atoms with Crippen molar-refractivity contribution in [1.82, 2.24) is 9.88 Å². The number of rotatable bonds is 5. The van der Waals surface area contributed by atoms with Gasteiger partial charge in [-0.3, -0.25) is 14.6 Å². The summed E-state index contributed by atoms with van der Waals surface area (Å²) in [4.78, 5) is 30.2. The molecule has 1 aromatic heterocycles. The lowest BCUT2D eigenvalue weighted by atomic mass is 10.1. The number of ether oxygens (including phenoxy) is 1. The van der Waals surface area contributed by atoms with Crippen LogP contribution in [0.25, 0.3) is 10.9 Å². The molecule has 0 fully saturated rings. The predicted molar refractivity (Wildman–Crippen MR) is 105 cm³/mol. The van der Waals surface area contributed by atoms with Gasteiger partial charge >= 0.3 is 0 Å². The number of aryl methyl sites for hydroxylation is 1. The highest BCUT2D eigenvalue weighted by molar-refractivity contribution is 6.12. The molecule has 0 spiro atoms. The van der Waals surface area contributed by atoms with Gasteiger partial charge in [-0.2, -0.15) is 0 Å². The number of nitrogens with zero attached hydrogens (tertiary/aromatic N) is 2. The molecule has 1 heterocycles. The van der Waals surface area contributed by atoms with Gasteiger partial charge in [-0.1, -0.05) is 18.2 Å². The molecule has 0 aliphatic rings. The van der Waals surface area contributed by atoms with E-state index in [0.717, 1.165) is 16.6 Å². The van der Waals surface area contributed by atoms with E-state index in [1.54, 1.807) is 44.4 Å². The van der Waals surface area contributed by atoms with Gasteiger partial charge in [0.15, 0.2) is 6.61 Å². The number of para-hydroxylation sites is 1. The number of fused-ring (bicyclic) bond motifs is 1. The first-order valence-corrected chi connectivity index (χ1v) is 8.55. The minimum atomic E-state index is -0.201. The number of hydrogen-bond donors (Lipinski definition) is 1. The van der Waals surface area contributed by atoms with Gasteiger partial charge in [0, 0.05) is 30.9 Å². The largest absolute Gasteiger partial charge is 0.484 e. The molecule has 2 amide bonds. The Bertz CT molecular complexity index is 982. The fraction of sp³-hybridized carbons (Fsp3) is 0.190. The number of hydrogen-bond acceptors (Lipinski definition) is 4. The van der Waals surface area contributed by atoms with Crippen LogP contribution in [0.2, 0.25) is 0 Å². The minimum absolute atomic E-state index is 0.0268. The summed E-state index contributed by atoms with van der Waals surface area (Å²) in [6, 6.07) is 16.3. The Morgan fingerprint density at radius 2 is 1.78 bits per heavy atom. The quantitative estimate of drug-likeness (QED) is 0.755. The van der Waals surface area contributed by atoms with E-state index in [1.807, 2.05) is 31.2 Å². The van der Waals surface area contributed by atoms with E-state index in [2.05, 4.69) is 10.3 Å². The SMILES string of the molecule is Cc1cc(C(=O)Nc2ccc(OCC(=O)N(C)C)cc2)c2ccccc2n1. The van der Waals surface area contributed by atoms with Crippen LogP contribution < -0.4 is 10.1 Å². The summed E-state index contributed by atoms with van der Waals surface area (Å²) in [6.45, 7) is 1.84. The summed E-state index contributed by atoms with van der Waals surface area (Å²) in [5.41, 5.74) is 2.80. The summed E-state index contributed by atoms with van der Waals surface area (Å²) >= 11 is 0. The first-order chi connectivity index (χ1) is 12.9. The molecule has 138 valence electrons. The van der Waals surface area contributed by atoms with Crippen LogP contribution in [0, 0.1) is 6.92 Å². The summed E-state index contributed by atoms with van der Waals surface area (Å²) < 4.78 is 5.43. The maximum atomic E-state index is 12.7. The monoisotopic (exact) mass is 363 g/mol. The standard InChI is InChI=1S/C21H21N3O3/c1-14-12-18(17-6-4-5-7-19(17)22-14)21(26)23-15-8-10-16(11-9-15)27-13-20(25)24(2)3/h4-12H,13H2,1-3H3,(H,23,26). The van der Waals surface area contributed by atoms with Crippen LogP contribution >= 0.6 is 0 Å². The van der Waals surface area contributed by atoms with Gasteiger partial charge in [-0.15, -0.1) is 0 Å². The van der Waals surface area contributed by atoms with Crippen molar-refractivity contribution in [1.29, 1.82) is 0 Å². The van der Waals surface area contributed by atoms with E-state index in [1.165, 1.54) is 4.90 Å². The van der Waals surface area contributed by atoms with E-state index in [0.29, 0.717) is 17.0 Å². The molecule has 3 aromatic rings. The number of pyridine rings is 1. The van der Waals surface area contributed by atoms with Crippen LogP contribution in [-0.4, -0.2) is 42.4 Å². The van der Waals surface area contributed by atoms with Gasteiger partial charge in [-0.05, 0) is 43.3 Å². The predicted octanol–water partition coefficient (Wildman–Crippen LogP) is 3.26. The van der Waals surface area contributed by atoms with Crippen molar-refractivity contribution in [2.75, 3.05) is 26.0 Å². The Hall–Kier alpha value is -3.41. The fourth-order valence-corrected chi connectivity index (χ4v) is 2.60. The van der Waals surface area contributed by atoms with Gasteiger partial charge in [0.2, 0.25) is 0 Å². The fourth-order valence-electron chi connectivity index (χ4n) is 2.60. The van der Waals surface area contributed by atoms with Gasteiger partial charge in [0.25, 0.3) is 11.8 Å². The van der Waals surface area contributed by atoms with Crippen LogP contribution in [0.15, 0.2) is 54.6 Å². The van der Waals surface area contributed by atoms with E-state index in [4.69, 9.17) is 4.74 Å². The Balaban J connectivity index is 1.72. The summed E-state index contributed by atoms with van der Waals surface area (Å²) in [7, 11) is 3.35. The summed E-state index contributed by atoms with van der Waals surface area (Å²) in [5.74, 6) is 0.244. The van der Waals surface area contributed by atoms with Gasteiger partial charge < -0.3 is 15.0 Å². The molecule has 0 aliphatic heterocycles. The van der Waals surface area contributed by atoms with Gasteiger partial charge in [0.1, 0.15) is 5.75 Å². The maximum absolute atomic E-state index is 12.7. The Kier molecular flexibility index (Phi) is 5.35. The second kappa shape index (κ2) is 7.86. The molecule has 1 N–H and O–H groups in total. The van der Waals surface area contributed by atoms with E-state index >= 15 is 0 Å². The Morgan fingerprint density at radius 1 is 1.07 bits per heavy atom. The van der Waals surface area contributed by atoms with Crippen molar-refractivity contribution in [2.24, 2.45) is 0 Å². The van der Waals surface area contributed by atoms with Crippen molar-refractivity contribution in [2.45, 2.75) is 6.92 Å². The molecule has 27 heavy (non-hydrogen) atoms.